The van der Waals surface area contributed by atoms with Gasteiger partial charge in [0.05, 0.1) is 31.5 Å². The maximum Gasteiger partial charge on any atom is 0.335 e. The molecule has 412 valence electrons. The number of benzene rings is 4. The molecule has 0 aliphatic carbocycles. The molecule has 0 unspecified atom stereocenters. The van der Waals surface area contributed by atoms with Gasteiger partial charge in [-0.2, -0.15) is 9.97 Å². The topological polar surface area (TPSA) is 245 Å². The van der Waals surface area contributed by atoms with E-state index < -0.39 is 17.2 Å². The summed E-state index contributed by atoms with van der Waals surface area (Å²) < 4.78 is 11.5. The van der Waals surface area contributed by atoms with Crippen LogP contribution in [-0.2, 0) is 33.5 Å². The lowest BCUT2D eigenvalue weighted by Gasteiger charge is -2.41. The van der Waals surface area contributed by atoms with E-state index in [1.165, 1.54) is 61.0 Å². The number of rotatable bonds is 8. The van der Waals surface area contributed by atoms with Crippen molar-refractivity contribution >= 4 is 117 Å². The van der Waals surface area contributed by atoms with E-state index in [2.05, 4.69) is 75.7 Å². The predicted molar refractivity (Wildman–Crippen MR) is 302 cm³/mol. The fourth-order valence-electron chi connectivity index (χ4n) is 9.01. The van der Waals surface area contributed by atoms with Gasteiger partial charge in [-0.05, 0) is 98.5 Å². The number of ether oxygens (including phenoxy) is 2. The minimum atomic E-state index is -1.58. The van der Waals surface area contributed by atoms with E-state index in [-0.39, 0.29) is 83.3 Å². The van der Waals surface area contributed by atoms with Crippen LogP contribution in [0.25, 0.3) is 0 Å². The van der Waals surface area contributed by atoms with Crippen LogP contribution in [0.3, 0.4) is 0 Å². The van der Waals surface area contributed by atoms with Gasteiger partial charge in [0.2, 0.25) is 23.7 Å². The van der Waals surface area contributed by atoms with Crippen LogP contribution in [0.15, 0.2) is 85.2 Å². The van der Waals surface area contributed by atoms with Gasteiger partial charge in [0.15, 0.2) is 19.1 Å². The molecular weight excluding hydrogens is 1110 g/mol. The Balaban J connectivity index is 0.000000201. The summed E-state index contributed by atoms with van der Waals surface area (Å²) >= 11 is 25.1. The van der Waals surface area contributed by atoms with Gasteiger partial charge < -0.3 is 45.6 Å². The largest absolute Gasteiger partial charge is 0.479 e. The lowest BCUT2D eigenvalue weighted by molar-refractivity contribution is -0.154. The first-order chi connectivity index (χ1) is 36.1. The van der Waals surface area contributed by atoms with Crippen LogP contribution < -0.4 is 35.2 Å². The molecule has 19 nitrogen and oxygen atoms in total. The molecule has 4 aromatic carbocycles. The quantitative estimate of drug-likeness (QED) is 0.0830. The summed E-state index contributed by atoms with van der Waals surface area (Å²) in [6.07, 6.45) is 2.85. The number of hydrogen-bond acceptors (Lipinski definition) is 15. The fourth-order valence-corrected chi connectivity index (χ4v) is 10.2. The van der Waals surface area contributed by atoms with Gasteiger partial charge in [-0.15, -0.1) is 12.4 Å². The molecule has 0 radical (unpaired) electrons. The first-order valence-corrected chi connectivity index (χ1v) is 25.6. The summed E-state index contributed by atoms with van der Waals surface area (Å²) in [5.74, 6) is -1.26. The van der Waals surface area contributed by atoms with Crippen LogP contribution in [0.2, 0.25) is 20.1 Å². The third-order valence-corrected chi connectivity index (χ3v) is 14.1. The van der Waals surface area contributed by atoms with Gasteiger partial charge in [0.1, 0.15) is 16.7 Å². The van der Waals surface area contributed by atoms with Crippen LogP contribution >= 0.6 is 58.8 Å². The molecule has 2 aromatic heterocycles. The summed E-state index contributed by atoms with van der Waals surface area (Å²) in [7, 11) is 0. The Morgan fingerprint density at radius 3 is 1.51 bits per heavy atom. The third-order valence-electron chi connectivity index (χ3n) is 12.9. The van der Waals surface area contributed by atoms with E-state index in [1.807, 2.05) is 24.3 Å². The van der Waals surface area contributed by atoms with E-state index in [9.17, 15) is 24.3 Å². The van der Waals surface area contributed by atoms with Crippen molar-refractivity contribution < 1.29 is 44.0 Å². The van der Waals surface area contributed by atoms with Crippen molar-refractivity contribution in [1.29, 1.82) is 0 Å². The van der Waals surface area contributed by atoms with Gasteiger partial charge in [0, 0.05) is 60.8 Å². The average molecular weight is 1170 g/mol. The molecule has 6 N–H and O–H groups in total. The molecule has 6 heterocycles. The minimum Gasteiger partial charge on any atom is -0.479 e. The Labute approximate surface area is 476 Å². The SMILES string of the molecule is CC(C)(O)C(=O)N1Cc2cc(Nc3ncc4c(n3)OCN(c3c(Cl)cccc3Cl)C4=O)ccc2C(C)(C)C1.CC(C)(O)C(=O)O.CC1(C)CNCc2cc(Nc3ncc4c(n3)OCN(c3c(Cl)cccc3Cl)C4=O)ccc21.Cl. The number of carbonyl (C=O) groups is 4. The molecule has 0 atom stereocenters. The van der Waals surface area contributed by atoms with E-state index >= 15 is 0 Å². The van der Waals surface area contributed by atoms with Crippen LogP contribution in [0.1, 0.15) is 98.4 Å². The summed E-state index contributed by atoms with van der Waals surface area (Å²) in [5.41, 5.74) is 4.19. The van der Waals surface area contributed by atoms with Crippen LogP contribution in [0.5, 0.6) is 11.8 Å². The van der Waals surface area contributed by atoms with Crippen molar-refractivity contribution in [2.75, 3.05) is 47.0 Å². The van der Waals surface area contributed by atoms with E-state index in [1.54, 1.807) is 41.3 Å². The smallest absolute Gasteiger partial charge is 0.335 e. The number of nitrogens with one attached hydrogen (secondary N) is 3. The second-order valence-electron chi connectivity index (χ2n) is 20.9. The lowest BCUT2D eigenvalue weighted by Crippen LogP contribution is -2.51. The average Bonchev–Trinajstić information content (AvgIpc) is 3.37. The van der Waals surface area contributed by atoms with Crippen LogP contribution in [-0.4, -0.2) is 102 Å². The summed E-state index contributed by atoms with van der Waals surface area (Å²) in [6, 6.07) is 22.2. The van der Waals surface area contributed by atoms with E-state index in [0.29, 0.717) is 56.2 Å². The highest BCUT2D eigenvalue weighted by Gasteiger charge is 2.39. The lowest BCUT2D eigenvalue weighted by atomic mass is 9.78. The summed E-state index contributed by atoms with van der Waals surface area (Å²) in [4.78, 5) is 70.6. The van der Waals surface area contributed by atoms with Gasteiger partial charge in [-0.25, -0.2) is 14.8 Å². The number of carboxylic acids is 1. The zero-order chi connectivity index (χ0) is 55.9. The Kier molecular flexibility index (Phi) is 17.5. The molecular formula is C54H57Cl5N10O9. The number of fused-ring (bicyclic) bond motifs is 4. The van der Waals surface area contributed by atoms with Crippen molar-refractivity contribution in [1.82, 2.24) is 30.2 Å². The second-order valence-corrected chi connectivity index (χ2v) is 22.6. The summed E-state index contributed by atoms with van der Waals surface area (Å²) in [6.45, 7) is 16.5. The van der Waals surface area contributed by atoms with Crippen molar-refractivity contribution in [3.05, 3.63) is 139 Å². The highest BCUT2D eigenvalue weighted by atomic mass is 35.5. The number of anilines is 6. The van der Waals surface area contributed by atoms with Gasteiger partial charge >= 0.3 is 5.97 Å². The molecule has 10 rings (SSSR count). The highest BCUT2D eigenvalue weighted by molar-refractivity contribution is 6.41. The number of halogens is 5. The second kappa shape index (κ2) is 23.0. The molecule has 0 spiro atoms. The maximum absolute atomic E-state index is 13.1. The number of carbonyl (C=O) groups excluding carboxylic acids is 3. The number of hydrogen-bond donors (Lipinski definition) is 6. The molecule has 0 fully saturated rings. The Morgan fingerprint density at radius 1 is 0.667 bits per heavy atom. The number of amides is 3. The Hall–Kier alpha value is -6.55. The van der Waals surface area contributed by atoms with Crippen LogP contribution in [0.4, 0.5) is 34.6 Å². The number of aliphatic carboxylic acids is 1. The first kappa shape index (κ1) is 59.1. The predicted octanol–water partition coefficient (Wildman–Crippen LogP) is 10.1. The molecule has 0 saturated carbocycles. The number of aliphatic hydroxyl groups is 2. The molecule has 78 heavy (non-hydrogen) atoms. The normalized spacial score (nSPS) is 15.9. The highest BCUT2D eigenvalue weighted by Crippen LogP contribution is 2.40. The van der Waals surface area contributed by atoms with Gasteiger partial charge in [-0.1, -0.05) is 98.4 Å². The molecule has 3 amide bonds. The Morgan fingerprint density at radius 2 is 1.09 bits per heavy atom. The van der Waals surface area contributed by atoms with Crippen LogP contribution in [0, 0.1) is 0 Å². The molecule has 4 aliphatic heterocycles. The summed E-state index contributed by atoms with van der Waals surface area (Å²) in [5, 5.41) is 38.0. The first-order valence-electron chi connectivity index (χ1n) is 24.1. The standard InChI is InChI=1S/C27H27Cl2N5O4.C23H21Cl2N5O2.C4H8O3.ClH/c1-26(2)13-33(24(36)27(3,4)37)12-15-10-16(8-9-18(15)26)31-25-30-11-17-22(32-25)38-14-34(23(17)35)21-19(28)6-5-7-20(21)29;1-23(2)11-26-9-13-8-14(6-7-16(13)23)28-22-27-10-15-20(29-22)32-12-30(21(15)31)19-17(24)4-3-5-18(19)25;1-4(2,7)3(5)6;/h5-11,37H,12-14H2,1-4H3,(H,30,31,32);3-8,10,26H,9,11-12H2,1-2H3,(H,27,28,29);7H,1-2H3,(H,5,6);1H. The van der Waals surface area contributed by atoms with Crippen molar-refractivity contribution in [3.8, 4) is 11.8 Å². The Bertz CT molecular complexity index is 3270. The number of para-hydroxylation sites is 2. The monoisotopic (exact) mass is 1160 g/mol. The molecule has 4 aliphatic rings. The maximum atomic E-state index is 13.1. The zero-order valence-electron chi connectivity index (χ0n) is 43.7. The third kappa shape index (κ3) is 12.8. The molecule has 24 heteroatoms. The number of aromatic nitrogens is 4. The van der Waals surface area contributed by atoms with Gasteiger partial charge in [0.25, 0.3) is 17.7 Å². The van der Waals surface area contributed by atoms with Gasteiger partial charge in [-0.3, -0.25) is 24.2 Å². The minimum absolute atomic E-state index is 0. The van der Waals surface area contributed by atoms with E-state index in [0.717, 1.165) is 29.9 Å². The van der Waals surface area contributed by atoms with E-state index in [4.69, 9.17) is 66.1 Å². The number of carboxylic acid groups (broad SMARTS) is 1. The molecule has 0 saturated heterocycles. The van der Waals surface area contributed by atoms with Crippen molar-refractivity contribution in [2.24, 2.45) is 0 Å². The fraction of sp³-hybridized carbons (Fsp3) is 0.333. The van der Waals surface area contributed by atoms with Crippen molar-refractivity contribution in [2.45, 2.75) is 90.5 Å². The molecule has 6 aromatic rings. The molecule has 0 bridgehead atoms. The number of nitrogens with zero attached hydrogens (tertiary/aromatic N) is 7. The zero-order valence-corrected chi connectivity index (χ0v) is 47.5. The van der Waals surface area contributed by atoms with Crippen molar-refractivity contribution in [3.63, 3.8) is 0 Å².